The van der Waals surface area contributed by atoms with Gasteiger partial charge in [0, 0.05) is 11.1 Å². The summed E-state index contributed by atoms with van der Waals surface area (Å²) < 4.78 is 12.1. The first-order valence-electron chi connectivity index (χ1n) is 5.39. The Morgan fingerprint density at radius 3 is 2.74 bits per heavy atom. The highest BCUT2D eigenvalue weighted by Gasteiger charge is 2.13. The zero-order valence-electron chi connectivity index (χ0n) is 9.75. The number of aromatic nitrogens is 1. The first kappa shape index (κ1) is 13.7. The summed E-state index contributed by atoms with van der Waals surface area (Å²) in [6, 6.07) is 9.70. The molecule has 0 fully saturated rings. The fraction of sp³-hybridized carbons (Fsp3) is 0.0769. The number of hydrogen-bond donors (Lipinski definition) is 1. The van der Waals surface area contributed by atoms with Gasteiger partial charge in [-0.25, -0.2) is 4.79 Å². The van der Waals surface area contributed by atoms with Crippen molar-refractivity contribution in [1.82, 2.24) is 4.98 Å². The van der Waals surface area contributed by atoms with Crippen LogP contribution in [0.5, 0.6) is 0 Å². The van der Waals surface area contributed by atoms with Gasteiger partial charge >= 0.3 is 5.97 Å². The predicted molar refractivity (Wildman–Crippen MR) is 72.8 cm³/mol. The van der Waals surface area contributed by atoms with Crippen LogP contribution in [0.4, 0.5) is 0 Å². The molecule has 0 aliphatic carbocycles. The van der Waals surface area contributed by atoms with Gasteiger partial charge in [-0.1, -0.05) is 17.7 Å². The smallest absolute Gasteiger partial charge is 0.337 e. The zero-order chi connectivity index (χ0) is 13.8. The molecule has 0 aliphatic rings. The molecule has 0 amide bonds. The lowest BCUT2D eigenvalue weighted by Crippen LogP contribution is -2.02. The van der Waals surface area contributed by atoms with E-state index >= 15 is 0 Å². The largest absolute Gasteiger partial charge is 0.478 e. The Balaban J connectivity index is 2.25. The molecule has 1 atom stereocenters. The SMILES string of the molecule is O=C(O)c1cc(S(=O)Cc2ccccn2)ccc1Cl. The minimum absolute atomic E-state index is 0.0477. The Morgan fingerprint density at radius 1 is 1.32 bits per heavy atom. The number of carboxylic acids is 1. The van der Waals surface area contributed by atoms with E-state index in [1.807, 2.05) is 6.07 Å². The Labute approximate surface area is 117 Å². The van der Waals surface area contributed by atoms with E-state index in [0.717, 1.165) is 0 Å². The minimum atomic E-state index is -1.35. The Morgan fingerprint density at radius 2 is 2.11 bits per heavy atom. The first-order chi connectivity index (χ1) is 9.08. The highest BCUT2D eigenvalue weighted by Crippen LogP contribution is 2.20. The van der Waals surface area contributed by atoms with Gasteiger partial charge in [-0.15, -0.1) is 0 Å². The van der Waals surface area contributed by atoms with Crippen LogP contribution >= 0.6 is 11.6 Å². The second kappa shape index (κ2) is 5.95. The molecule has 1 aromatic heterocycles. The second-order valence-electron chi connectivity index (χ2n) is 3.76. The molecule has 98 valence electrons. The third kappa shape index (κ3) is 3.39. The molecule has 2 rings (SSSR count). The van der Waals surface area contributed by atoms with Gasteiger partial charge in [0.1, 0.15) is 0 Å². The highest BCUT2D eigenvalue weighted by molar-refractivity contribution is 7.84. The minimum Gasteiger partial charge on any atom is -0.478 e. The number of rotatable bonds is 4. The third-order valence-electron chi connectivity index (χ3n) is 2.44. The third-order valence-corrected chi connectivity index (χ3v) is 4.10. The van der Waals surface area contributed by atoms with E-state index in [9.17, 15) is 9.00 Å². The van der Waals surface area contributed by atoms with Gasteiger partial charge in [0.25, 0.3) is 0 Å². The monoisotopic (exact) mass is 295 g/mol. The molecule has 0 saturated heterocycles. The second-order valence-corrected chi connectivity index (χ2v) is 5.62. The molecule has 1 unspecified atom stereocenters. The summed E-state index contributed by atoms with van der Waals surface area (Å²) in [5, 5.41) is 9.10. The molecular weight excluding hydrogens is 286 g/mol. The topological polar surface area (TPSA) is 67.3 Å². The molecule has 0 aliphatic heterocycles. The average Bonchev–Trinajstić information content (AvgIpc) is 2.40. The Kier molecular flexibility index (Phi) is 4.29. The van der Waals surface area contributed by atoms with Crippen molar-refractivity contribution < 1.29 is 14.1 Å². The number of aromatic carboxylic acids is 1. The van der Waals surface area contributed by atoms with Crippen molar-refractivity contribution in [2.45, 2.75) is 10.6 Å². The lowest BCUT2D eigenvalue weighted by atomic mass is 10.2. The summed E-state index contributed by atoms with van der Waals surface area (Å²) in [6.45, 7) is 0. The van der Waals surface area contributed by atoms with Gasteiger partial charge in [-0.05, 0) is 30.3 Å². The molecule has 6 heteroatoms. The van der Waals surface area contributed by atoms with Crippen LogP contribution in [0.3, 0.4) is 0 Å². The molecule has 1 heterocycles. The summed E-state index contributed by atoms with van der Waals surface area (Å²) >= 11 is 5.76. The molecule has 1 N–H and O–H groups in total. The van der Waals surface area contributed by atoms with E-state index in [-0.39, 0.29) is 16.3 Å². The van der Waals surface area contributed by atoms with Crippen LogP contribution in [-0.4, -0.2) is 20.3 Å². The molecule has 19 heavy (non-hydrogen) atoms. The van der Waals surface area contributed by atoms with Crippen LogP contribution in [0.2, 0.25) is 5.02 Å². The van der Waals surface area contributed by atoms with Crippen LogP contribution in [0, 0.1) is 0 Å². The number of benzene rings is 1. The van der Waals surface area contributed by atoms with Crippen molar-refractivity contribution in [1.29, 1.82) is 0 Å². The maximum atomic E-state index is 12.1. The number of pyridine rings is 1. The number of carboxylic acid groups (broad SMARTS) is 1. The number of halogens is 1. The quantitative estimate of drug-likeness (QED) is 0.942. The fourth-order valence-electron chi connectivity index (χ4n) is 1.51. The van der Waals surface area contributed by atoms with Gasteiger partial charge in [0.2, 0.25) is 0 Å². The molecule has 1 aromatic carbocycles. The van der Waals surface area contributed by atoms with Crippen LogP contribution in [0.25, 0.3) is 0 Å². The van der Waals surface area contributed by atoms with E-state index in [4.69, 9.17) is 16.7 Å². The molecule has 0 spiro atoms. The maximum Gasteiger partial charge on any atom is 0.337 e. The van der Waals surface area contributed by atoms with Crippen molar-refractivity contribution in [2.24, 2.45) is 0 Å². The average molecular weight is 296 g/mol. The molecule has 0 bridgehead atoms. The summed E-state index contributed by atoms with van der Waals surface area (Å²) in [7, 11) is -1.35. The van der Waals surface area contributed by atoms with E-state index in [2.05, 4.69) is 4.98 Å². The van der Waals surface area contributed by atoms with E-state index in [1.165, 1.54) is 12.1 Å². The van der Waals surface area contributed by atoms with Crippen molar-refractivity contribution in [2.75, 3.05) is 0 Å². The van der Waals surface area contributed by atoms with Gasteiger partial charge in [0.05, 0.1) is 32.8 Å². The van der Waals surface area contributed by atoms with E-state index in [1.54, 1.807) is 24.4 Å². The predicted octanol–water partition coefficient (Wildman–Crippen LogP) is 2.74. The lowest BCUT2D eigenvalue weighted by molar-refractivity contribution is 0.0697. The Bertz CT molecular complexity index is 631. The van der Waals surface area contributed by atoms with Gasteiger partial charge in [-0.2, -0.15) is 0 Å². The van der Waals surface area contributed by atoms with Gasteiger partial charge in [0.15, 0.2) is 0 Å². The lowest BCUT2D eigenvalue weighted by Gasteiger charge is -2.04. The normalized spacial score (nSPS) is 12.1. The molecule has 0 radical (unpaired) electrons. The Hall–Kier alpha value is -1.72. The highest BCUT2D eigenvalue weighted by atomic mass is 35.5. The summed E-state index contributed by atoms with van der Waals surface area (Å²) in [5.74, 6) is -0.900. The van der Waals surface area contributed by atoms with E-state index in [0.29, 0.717) is 10.6 Å². The fourth-order valence-corrected chi connectivity index (χ4v) is 2.78. The summed E-state index contributed by atoms with van der Waals surface area (Å²) in [4.78, 5) is 15.5. The number of carbonyl (C=O) groups is 1. The van der Waals surface area contributed by atoms with Crippen molar-refractivity contribution in [3.63, 3.8) is 0 Å². The summed E-state index contributed by atoms with van der Waals surface area (Å²) in [5.41, 5.74) is 0.640. The molecule has 0 saturated carbocycles. The van der Waals surface area contributed by atoms with Crippen LogP contribution in [0.1, 0.15) is 16.1 Å². The standard InChI is InChI=1S/C13H10ClNO3S/c14-12-5-4-10(7-11(12)13(16)17)19(18)8-9-3-1-2-6-15-9/h1-7H,8H2,(H,16,17). The van der Waals surface area contributed by atoms with Gasteiger partial charge in [-0.3, -0.25) is 9.19 Å². The first-order valence-corrected chi connectivity index (χ1v) is 7.09. The van der Waals surface area contributed by atoms with Crippen LogP contribution < -0.4 is 0 Å². The summed E-state index contributed by atoms with van der Waals surface area (Å²) in [6.07, 6.45) is 1.62. The van der Waals surface area contributed by atoms with Crippen molar-refractivity contribution >= 4 is 28.4 Å². The maximum absolute atomic E-state index is 12.1. The molecular formula is C13H10ClNO3S. The van der Waals surface area contributed by atoms with Crippen LogP contribution in [-0.2, 0) is 16.6 Å². The zero-order valence-corrected chi connectivity index (χ0v) is 11.3. The van der Waals surface area contributed by atoms with Crippen molar-refractivity contribution in [3.05, 3.63) is 58.9 Å². The number of hydrogen-bond acceptors (Lipinski definition) is 3. The van der Waals surface area contributed by atoms with Crippen LogP contribution in [0.15, 0.2) is 47.5 Å². The van der Waals surface area contributed by atoms with Crippen molar-refractivity contribution in [3.8, 4) is 0 Å². The molecule has 4 nitrogen and oxygen atoms in total. The number of nitrogens with zero attached hydrogens (tertiary/aromatic N) is 1. The molecule has 2 aromatic rings. The van der Waals surface area contributed by atoms with Gasteiger partial charge < -0.3 is 5.11 Å². The van der Waals surface area contributed by atoms with E-state index < -0.39 is 16.8 Å².